The van der Waals surface area contributed by atoms with E-state index < -0.39 is 0 Å². The lowest BCUT2D eigenvalue weighted by Crippen LogP contribution is -2.26. The summed E-state index contributed by atoms with van der Waals surface area (Å²) in [5, 5.41) is 12.3. The van der Waals surface area contributed by atoms with Crippen LogP contribution < -0.4 is 5.32 Å². The van der Waals surface area contributed by atoms with Gasteiger partial charge in [-0.15, -0.1) is 0 Å². The minimum Gasteiger partial charge on any atom is -0.508 e. The Morgan fingerprint density at radius 2 is 1.91 bits per heavy atom. The van der Waals surface area contributed by atoms with E-state index in [-0.39, 0.29) is 11.9 Å². The van der Waals surface area contributed by atoms with Gasteiger partial charge in [-0.2, -0.15) is 0 Å². The van der Waals surface area contributed by atoms with Crippen LogP contribution in [0.1, 0.15) is 41.4 Å². The summed E-state index contributed by atoms with van der Waals surface area (Å²) in [7, 11) is 1.63. The summed E-state index contributed by atoms with van der Waals surface area (Å²) >= 11 is 0. The summed E-state index contributed by atoms with van der Waals surface area (Å²) in [6, 6.07) is 15.3. The number of hydrogen-bond acceptors (Lipinski definition) is 3. The minimum atomic E-state index is -0.0722. The Bertz CT molecular complexity index is 653. The molecular formula is C19H24N2O2. The molecule has 0 aromatic heterocycles. The van der Waals surface area contributed by atoms with Crippen molar-refractivity contribution in [2.24, 2.45) is 0 Å². The zero-order chi connectivity index (χ0) is 16.8. The molecule has 4 heteroatoms. The van der Waals surface area contributed by atoms with Gasteiger partial charge in [0, 0.05) is 25.2 Å². The lowest BCUT2D eigenvalue weighted by Gasteiger charge is -2.28. The van der Waals surface area contributed by atoms with Crippen molar-refractivity contribution in [3.63, 3.8) is 0 Å². The molecule has 1 amide bonds. The number of amides is 1. The van der Waals surface area contributed by atoms with Crippen molar-refractivity contribution in [1.82, 2.24) is 10.2 Å². The Morgan fingerprint density at radius 1 is 1.22 bits per heavy atom. The lowest BCUT2D eigenvalue weighted by atomic mass is 10.0. The van der Waals surface area contributed by atoms with Crippen molar-refractivity contribution in [2.75, 3.05) is 13.6 Å². The normalized spacial score (nSPS) is 12.2. The lowest BCUT2D eigenvalue weighted by molar-refractivity contribution is 0.0963. The fourth-order valence-corrected chi connectivity index (χ4v) is 2.66. The molecule has 23 heavy (non-hydrogen) atoms. The Morgan fingerprint density at radius 3 is 2.48 bits per heavy atom. The number of benzene rings is 2. The molecular weight excluding hydrogens is 288 g/mol. The van der Waals surface area contributed by atoms with Crippen LogP contribution >= 0.6 is 0 Å². The van der Waals surface area contributed by atoms with Gasteiger partial charge in [0.05, 0.1) is 0 Å². The van der Waals surface area contributed by atoms with E-state index in [0.29, 0.717) is 11.3 Å². The van der Waals surface area contributed by atoms with Gasteiger partial charge in [-0.05, 0) is 48.9 Å². The molecule has 0 heterocycles. The minimum absolute atomic E-state index is 0.0722. The van der Waals surface area contributed by atoms with Crippen LogP contribution in [0.4, 0.5) is 0 Å². The van der Waals surface area contributed by atoms with Gasteiger partial charge in [-0.3, -0.25) is 9.69 Å². The van der Waals surface area contributed by atoms with Crippen LogP contribution in [0.5, 0.6) is 5.75 Å². The zero-order valence-electron chi connectivity index (χ0n) is 13.9. The first kappa shape index (κ1) is 17.0. The second kappa shape index (κ2) is 7.79. The van der Waals surface area contributed by atoms with Crippen LogP contribution in [0.3, 0.4) is 0 Å². The van der Waals surface area contributed by atoms with Crippen LogP contribution in [0, 0.1) is 0 Å². The van der Waals surface area contributed by atoms with Gasteiger partial charge in [0.25, 0.3) is 5.91 Å². The van der Waals surface area contributed by atoms with Crippen molar-refractivity contribution >= 4 is 5.91 Å². The van der Waals surface area contributed by atoms with Gasteiger partial charge in [-0.1, -0.05) is 31.2 Å². The molecule has 2 N–H and O–H groups in total. The first-order valence-electron chi connectivity index (χ1n) is 7.89. The number of nitrogens with zero attached hydrogens (tertiary/aromatic N) is 1. The first-order valence-corrected chi connectivity index (χ1v) is 7.89. The molecule has 1 atom stereocenters. The van der Waals surface area contributed by atoms with Crippen molar-refractivity contribution in [1.29, 1.82) is 0 Å². The Kier molecular flexibility index (Phi) is 5.77. The maximum atomic E-state index is 11.6. The largest absolute Gasteiger partial charge is 0.508 e. The average molecular weight is 312 g/mol. The second-order valence-electron chi connectivity index (χ2n) is 5.61. The molecule has 0 radical (unpaired) electrons. The predicted molar refractivity (Wildman–Crippen MR) is 92.4 cm³/mol. The molecule has 0 unspecified atom stereocenters. The standard InChI is InChI=1S/C19H24N2O2/c1-4-21(14(2)17-6-5-7-18(22)12-17)13-15-8-10-16(11-9-15)19(23)20-3/h5-12,14,22H,4,13H2,1-3H3,(H,20,23)/t14-/m0/s1. The fourth-order valence-electron chi connectivity index (χ4n) is 2.66. The molecule has 4 nitrogen and oxygen atoms in total. The second-order valence-corrected chi connectivity index (χ2v) is 5.61. The van der Waals surface area contributed by atoms with E-state index in [0.717, 1.165) is 24.2 Å². The highest BCUT2D eigenvalue weighted by Gasteiger charge is 2.15. The van der Waals surface area contributed by atoms with Gasteiger partial charge in [-0.25, -0.2) is 0 Å². The van der Waals surface area contributed by atoms with E-state index in [2.05, 4.69) is 24.1 Å². The molecule has 0 aliphatic heterocycles. The summed E-state index contributed by atoms with van der Waals surface area (Å²) in [5.41, 5.74) is 2.92. The molecule has 0 saturated heterocycles. The molecule has 0 aliphatic carbocycles. The van der Waals surface area contributed by atoms with E-state index in [1.54, 1.807) is 13.1 Å². The van der Waals surface area contributed by atoms with E-state index in [9.17, 15) is 9.90 Å². The molecule has 0 fully saturated rings. The van der Waals surface area contributed by atoms with Crippen molar-refractivity contribution in [3.8, 4) is 5.75 Å². The predicted octanol–water partition coefficient (Wildman–Crippen LogP) is 3.33. The molecule has 0 spiro atoms. The van der Waals surface area contributed by atoms with Gasteiger partial charge in [0.1, 0.15) is 5.75 Å². The molecule has 122 valence electrons. The van der Waals surface area contributed by atoms with E-state index in [4.69, 9.17) is 0 Å². The molecule has 2 aromatic rings. The van der Waals surface area contributed by atoms with Crippen LogP contribution in [0.2, 0.25) is 0 Å². The molecule has 0 saturated carbocycles. The van der Waals surface area contributed by atoms with Gasteiger partial charge >= 0.3 is 0 Å². The van der Waals surface area contributed by atoms with Crippen molar-refractivity contribution in [2.45, 2.75) is 26.4 Å². The number of rotatable bonds is 6. The maximum Gasteiger partial charge on any atom is 0.251 e. The summed E-state index contributed by atoms with van der Waals surface area (Å²) in [6.45, 7) is 5.95. The van der Waals surface area contributed by atoms with Crippen molar-refractivity contribution in [3.05, 3.63) is 65.2 Å². The van der Waals surface area contributed by atoms with Crippen molar-refractivity contribution < 1.29 is 9.90 Å². The van der Waals surface area contributed by atoms with Gasteiger partial charge < -0.3 is 10.4 Å². The Balaban J connectivity index is 2.11. The summed E-state index contributed by atoms with van der Waals surface area (Å²) < 4.78 is 0. The Hall–Kier alpha value is -2.33. The highest BCUT2D eigenvalue weighted by Crippen LogP contribution is 2.24. The van der Waals surface area contributed by atoms with Crippen LogP contribution in [-0.2, 0) is 6.54 Å². The Labute approximate surface area is 137 Å². The van der Waals surface area contributed by atoms with Gasteiger partial charge in [0.15, 0.2) is 0 Å². The summed E-state index contributed by atoms with van der Waals surface area (Å²) in [6.07, 6.45) is 0. The third-order valence-electron chi connectivity index (χ3n) is 4.14. The van der Waals surface area contributed by atoms with Crippen LogP contribution in [-0.4, -0.2) is 29.5 Å². The maximum absolute atomic E-state index is 11.6. The molecule has 2 rings (SSSR count). The SMILES string of the molecule is CCN(Cc1ccc(C(=O)NC)cc1)[C@@H](C)c1cccc(O)c1. The number of phenolic OH excluding ortho intramolecular Hbond substituents is 1. The number of nitrogens with one attached hydrogen (secondary N) is 1. The monoisotopic (exact) mass is 312 g/mol. The van der Waals surface area contributed by atoms with Gasteiger partial charge in [0.2, 0.25) is 0 Å². The number of carbonyl (C=O) groups excluding carboxylic acids is 1. The van der Waals surface area contributed by atoms with E-state index in [1.807, 2.05) is 42.5 Å². The highest BCUT2D eigenvalue weighted by atomic mass is 16.3. The average Bonchev–Trinajstić information content (AvgIpc) is 2.59. The van der Waals surface area contributed by atoms with E-state index >= 15 is 0 Å². The van der Waals surface area contributed by atoms with E-state index in [1.165, 1.54) is 0 Å². The topological polar surface area (TPSA) is 52.6 Å². The summed E-state index contributed by atoms with van der Waals surface area (Å²) in [4.78, 5) is 13.9. The quantitative estimate of drug-likeness (QED) is 0.860. The summed E-state index contributed by atoms with van der Waals surface area (Å²) in [5.74, 6) is 0.220. The van der Waals surface area contributed by atoms with Crippen LogP contribution in [0.25, 0.3) is 0 Å². The smallest absolute Gasteiger partial charge is 0.251 e. The molecule has 0 aliphatic rings. The molecule has 2 aromatic carbocycles. The fraction of sp³-hybridized carbons (Fsp3) is 0.316. The zero-order valence-corrected chi connectivity index (χ0v) is 13.9. The number of hydrogen-bond donors (Lipinski definition) is 2. The third kappa shape index (κ3) is 4.33. The van der Waals surface area contributed by atoms with Crippen LogP contribution in [0.15, 0.2) is 48.5 Å². The molecule has 0 bridgehead atoms. The highest BCUT2D eigenvalue weighted by molar-refractivity contribution is 5.93. The number of phenols is 1. The third-order valence-corrected chi connectivity index (χ3v) is 4.14. The number of aromatic hydroxyl groups is 1. The number of carbonyl (C=O) groups is 1. The first-order chi connectivity index (χ1) is 11.0.